The van der Waals surface area contributed by atoms with Gasteiger partial charge in [-0.05, 0) is 266 Å². The van der Waals surface area contributed by atoms with Gasteiger partial charge in [-0.15, -0.1) is 12.4 Å². The molecule has 4 saturated heterocycles. The molecular formula is C94H95ClF2N8O13. The molecule has 21 nitrogen and oxygen atoms in total. The third kappa shape index (κ3) is 15.9. The molecule has 8 fully saturated rings. The molecule has 8 aromatic rings. The van der Waals surface area contributed by atoms with Crippen LogP contribution < -0.4 is 35.2 Å². The Balaban J connectivity index is 0.000000140. The van der Waals surface area contributed by atoms with E-state index < -0.39 is 47.5 Å². The number of nitrogens with one attached hydrogen (secondary N) is 3. The standard InChI is InChI=1S/C47H47FN4O6.C30H29FO3.C17H18N4O4.ClH/c48-32-6-1-27(2-7-32)38-12-5-29-23-35(53)9-14-39(29)44(38)28-3-10-36(11-4-28)58-37-24-30-21-34(22-31(30)25-37)51-19-17-50(18-20-51)33-8-13-40-41(26-33)47(57)52(46(40)56)42-15-16-43(54)49-45(42)55;31-23-6-1-18(2-7-23)28-11-5-20-13-24(32)8-12-29(20)30(28)19-3-9-26(10-4-19)34-27-16-21-14-25(33)15-22(21)17-27;22-14-4-3-13(15(23)19-14)21-16(24)11-2-1-10(9-12(11)17(21)25)20-7-5-18-6-8-20;/h1-4,6-11,13-14,23,26,30-31,34,37-38,42,44,53H,5,12,15-22,24-25H2,(H,49,54,55);1-4,6-10,12-13,21-22,27-28,30,32H,5,11,14-17H2;1-2,9,13,18H,3-8H2,(H,19,22,23);1H/t30?,31?,34?,37?,38-,42?,44+;21?,22?,27?,28-,30+;;/m11../s1. The Labute approximate surface area is 689 Å². The predicted molar refractivity (Wildman–Crippen MR) is 439 cm³/mol. The number of halogens is 3. The van der Waals surface area contributed by atoms with Gasteiger partial charge in [0.15, 0.2) is 0 Å². The van der Waals surface area contributed by atoms with Crippen molar-refractivity contribution in [1.82, 2.24) is 30.7 Å². The van der Waals surface area contributed by atoms with Crippen LogP contribution >= 0.6 is 12.4 Å². The Bertz CT molecular complexity index is 5220. The summed E-state index contributed by atoms with van der Waals surface area (Å²) < 4.78 is 40.4. The van der Waals surface area contributed by atoms with Crippen molar-refractivity contribution in [2.24, 2.45) is 23.7 Å². The molecule has 610 valence electrons. The fourth-order valence-corrected chi connectivity index (χ4v) is 21.4. The zero-order valence-corrected chi connectivity index (χ0v) is 66.2. The Morgan fingerprint density at radius 3 is 1.21 bits per heavy atom. The van der Waals surface area contributed by atoms with Crippen molar-refractivity contribution >= 4 is 76.8 Å². The van der Waals surface area contributed by atoms with Crippen LogP contribution in [0, 0.1) is 35.3 Å². The number of ketones is 1. The number of hydrogen-bond donors (Lipinski definition) is 5. The minimum Gasteiger partial charge on any atom is -0.508 e. The number of rotatable bonds is 13. The van der Waals surface area contributed by atoms with Gasteiger partial charge in [0.1, 0.15) is 52.5 Å². The Morgan fingerprint density at radius 1 is 0.390 bits per heavy atom. The third-order valence-corrected chi connectivity index (χ3v) is 27.1. The van der Waals surface area contributed by atoms with Crippen molar-refractivity contribution in [2.75, 3.05) is 62.2 Å². The topological polar surface area (TPSA) is 265 Å². The maximum absolute atomic E-state index is 13.9. The van der Waals surface area contributed by atoms with Gasteiger partial charge in [0.05, 0.1) is 34.5 Å². The van der Waals surface area contributed by atoms with Crippen LogP contribution in [0.2, 0.25) is 0 Å². The molecule has 20 rings (SSSR count). The summed E-state index contributed by atoms with van der Waals surface area (Å²) in [5, 5.41) is 28.0. The van der Waals surface area contributed by atoms with E-state index in [0.29, 0.717) is 63.5 Å². The average molecular weight is 1620 g/mol. The second-order valence-electron chi connectivity index (χ2n) is 33.9. The van der Waals surface area contributed by atoms with E-state index in [1.807, 2.05) is 60.7 Å². The molecule has 8 amide bonds. The molecule has 24 heteroatoms. The number of imide groups is 4. The van der Waals surface area contributed by atoms with E-state index in [0.717, 1.165) is 160 Å². The van der Waals surface area contributed by atoms with E-state index in [9.17, 15) is 62.1 Å². The highest BCUT2D eigenvalue weighted by molar-refractivity contribution is 6.25. The minimum atomic E-state index is -0.968. The first-order valence-corrected chi connectivity index (χ1v) is 41.6. The van der Waals surface area contributed by atoms with E-state index in [1.165, 1.54) is 46.2 Å². The summed E-state index contributed by atoms with van der Waals surface area (Å²) in [5.41, 5.74) is 12.5. The van der Waals surface area contributed by atoms with Crippen molar-refractivity contribution in [3.63, 3.8) is 0 Å². The van der Waals surface area contributed by atoms with Crippen LogP contribution in [-0.4, -0.2) is 161 Å². The summed E-state index contributed by atoms with van der Waals surface area (Å²) >= 11 is 0. The number of carbonyl (C=O) groups is 9. The number of phenolic OH excluding ortho intramolecular Hbond substituents is 2. The smallest absolute Gasteiger partial charge is 0.262 e. The van der Waals surface area contributed by atoms with Crippen LogP contribution in [0.3, 0.4) is 0 Å². The van der Waals surface area contributed by atoms with Gasteiger partial charge in [0, 0.05) is 107 Å². The van der Waals surface area contributed by atoms with Gasteiger partial charge in [-0.2, -0.15) is 0 Å². The minimum absolute atomic E-state index is 0. The largest absolute Gasteiger partial charge is 0.508 e. The van der Waals surface area contributed by atoms with Crippen molar-refractivity contribution in [1.29, 1.82) is 0 Å². The van der Waals surface area contributed by atoms with Gasteiger partial charge in [-0.1, -0.05) is 60.7 Å². The maximum atomic E-state index is 13.9. The highest BCUT2D eigenvalue weighted by Gasteiger charge is 2.49. The van der Waals surface area contributed by atoms with E-state index in [-0.39, 0.29) is 103 Å². The van der Waals surface area contributed by atoms with E-state index in [2.05, 4.69) is 79.2 Å². The molecule has 8 aromatic carbocycles. The van der Waals surface area contributed by atoms with Crippen LogP contribution in [0.1, 0.15) is 200 Å². The lowest BCUT2D eigenvalue weighted by Crippen LogP contribution is -2.54. The number of benzene rings is 8. The number of ether oxygens (including phenoxy) is 2. The second-order valence-corrected chi connectivity index (χ2v) is 33.9. The average Bonchev–Trinajstić information content (AvgIpc) is 1.72. The van der Waals surface area contributed by atoms with Gasteiger partial charge in [-0.3, -0.25) is 68.5 Å². The summed E-state index contributed by atoms with van der Waals surface area (Å²) in [6.45, 7) is 6.90. The number of phenols is 2. The molecule has 12 aliphatic rings. The third-order valence-electron chi connectivity index (χ3n) is 27.1. The number of nitrogens with zero attached hydrogens (tertiary/aromatic N) is 5. The van der Waals surface area contributed by atoms with Crippen molar-refractivity contribution in [3.05, 3.63) is 248 Å². The molecule has 5 N–H and O–H groups in total. The molecule has 6 aliphatic heterocycles. The number of piperidine rings is 2. The monoisotopic (exact) mass is 1620 g/mol. The summed E-state index contributed by atoms with van der Waals surface area (Å²) in [7, 11) is 0. The Kier molecular flexibility index (Phi) is 22.4. The van der Waals surface area contributed by atoms with Gasteiger partial charge in [-0.25, -0.2) is 8.78 Å². The highest BCUT2D eigenvalue weighted by Crippen LogP contribution is 2.52. The summed E-state index contributed by atoms with van der Waals surface area (Å²) in [5.74, 6) is 1.41. The van der Waals surface area contributed by atoms with Crippen LogP contribution in [0.4, 0.5) is 20.2 Å². The number of aryl methyl sites for hydroxylation is 2. The number of anilines is 2. The van der Waals surface area contributed by atoms with E-state index >= 15 is 0 Å². The van der Waals surface area contributed by atoms with Crippen molar-refractivity contribution < 1.29 is 71.6 Å². The number of fused-ring (bicyclic) bond motifs is 6. The molecule has 6 aliphatic carbocycles. The Morgan fingerprint density at radius 2 is 0.788 bits per heavy atom. The first kappa shape index (κ1) is 79.3. The molecule has 0 aromatic heterocycles. The normalized spacial score (nSPS) is 27.0. The van der Waals surface area contributed by atoms with Crippen LogP contribution in [0.25, 0.3) is 0 Å². The number of aromatic hydroxyl groups is 2. The molecule has 0 radical (unpaired) electrons. The Hall–Kier alpha value is -11.1. The zero-order chi connectivity index (χ0) is 80.4. The number of hydrogen-bond acceptors (Lipinski definition) is 17. The zero-order valence-electron chi connectivity index (χ0n) is 65.4. The van der Waals surface area contributed by atoms with Crippen LogP contribution in [-0.2, 0) is 36.8 Å². The predicted octanol–water partition coefficient (Wildman–Crippen LogP) is 13.0. The van der Waals surface area contributed by atoms with Gasteiger partial charge in [0.25, 0.3) is 23.6 Å². The molecule has 10 atom stereocenters. The lowest BCUT2D eigenvalue weighted by atomic mass is 9.69. The van der Waals surface area contributed by atoms with E-state index in [4.69, 9.17) is 9.47 Å². The first-order chi connectivity index (χ1) is 56.7. The maximum Gasteiger partial charge on any atom is 0.262 e. The quantitative estimate of drug-likeness (QED) is 0.0672. The van der Waals surface area contributed by atoms with Crippen molar-refractivity contribution in [3.8, 4) is 23.0 Å². The van der Waals surface area contributed by atoms with E-state index in [1.54, 1.807) is 60.7 Å². The van der Waals surface area contributed by atoms with Crippen LogP contribution in [0.15, 0.2) is 170 Å². The molecule has 118 heavy (non-hydrogen) atoms. The van der Waals surface area contributed by atoms with Gasteiger partial charge >= 0.3 is 0 Å². The number of piperazine rings is 2. The summed E-state index contributed by atoms with van der Waals surface area (Å²) in [6, 6.07) is 51.4. The number of amides is 8. The molecular weight excluding hydrogens is 1520 g/mol. The number of Topliss-reactive ketones (excluding diaryl/α,β-unsaturated/α-hetero) is 1. The van der Waals surface area contributed by atoms with Gasteiger partial charge in [0.2, 0.25) is 23.6 Å². The second kappa shape index (κ2) is 33.3. The lowest BCUT2D eigenvalue weighted by Gasteiger charge is -2.39. The van der Waals surface area contributed by atoms with Crippen LogP contribution in [0.5, 0.6) is 23.0 Å². The molecule has 6 heterocycles. The summed E-state index contributed by atoms with van der Waals surface area (Å²) in [4.78, 5) is 120. The summed E-state index contributed by atoms with van der Waals surface area (Å²) in [6.07, 6.45) is 12.4. The molecule has 4 saturated carbocycles. The molecule has 0 spiro atoms. The fraction of sp³-hybridized carbons (Fsp3) is 0.394. The number of carbonyl (C=O) groups excluding carboxylic acids is 9. The highest BCUT2D eigenvalue weighted by atomic mass is 35.5. The fourth-order valence-electron chi connectivity index (χ4n) is 21.4. The SMILES string of the molecule is Cl.O=C1CC2CC(Oc3ccc([C@@H]4c5ccc(O)cc5CC[C@@H]4c4ccc(F)cc4)cc3)CC2C1.O=C1CCC(N2C(=O)c3ccc(N4CCN(C5CC6CC(Oc7ccc([C@@H]8c9ccc(O)cc9CC[C@@H]8c8ccc(F)cc8)cc7)CC6C5)CC4)cc3C2=O)C(=O)N1.O=C1CCC(N2C(=O)c3ccc(N4CCNCC4)cc3C2=O)C(=O)N1. The molecule has 0 bridgehead atoms. The lowest BCUT2D eigenvalue weighted by molar-refractivity contribution is -0.137. The first-order valence-electron chi connectivity index (χ1n) is 41.6. The van der Waals surface area contributed by atoms with Gasteiger partial charge < -0.3 is 34.8 Å². The van der Waals surface area contributed by atoms with Crippen molar-refractivity contribution in [2.45, 2.75) is 157 Å². The molecule has 6 unspecified atom stereocenters.